The Kier molecular flexibility index (Phi) is 10.5. The standard InChI is InChI=1S/C28H49N3O3/c1-27(28(34,17-9-10-19-32)24-14-7-4-8-15-24)16-11-18-31(22-27)26(33)30-25(21-29-2)20-23-12-5-3-6-13-23/h4,7,14,23,25,29,32,34H,3,5-6,8-13,15-22H2,1-2H3,(H,30,33)/t25-,27+,28+/m0/s1. The number of likely N-dealkylation sites (tertiary alicyclic amines) is 1. The summed E-state index contributed by atoms with van der Waals surface area (Å²) in [7, 11) is 1.96. The third kappa shape index (κ3) is 6.86. The summed E-state index contributed by atoms with van der Waals surface area (Å²) in [5, 5.41) is 28.1. The van der Waals surface area contributed by atoms with Crippen LogP contribution in [0.4, 0.5) is 4.79 Å². The van der Waals surface area contributed by atoms with Crippen LogP contribution in [-0.2, 0) is 0 Å². The molecule has 3 aliphatic rings. The molecule has 0 aromatic rings. The molecular weight excluding hydrogens is 426 g/mol. The summed E-state index contributed by atoms with van der Waals surface area (Å²) < 4.78 is 0. The molecule has 0 spiro atoms. The maximum atomic E-state index is 13.4. The van der Waals surface area contributed by atoms with Crippen LogP contribution in [-0.4, -0.2) is 66.1 Å². The Labute approximate surface area is 207 Å². The minimum atomic E-state index is -0.960. The van der Waals surface area contributed by atoms with E-state index in [2.05, 4.69) is 35.8 Å². The number of aliphatic hydroxyl groups is 2. The van der Waals surface area contributed by atoms with Gasteiger partial charge in [0.25, 0.3) is 0 Å². The number of rotatable bonds is 11. The highest BCUT2D eigenvalue weighted by Gasteiger charge is 2.51. The minimum Gasteiger partial charge on any atom is -0.396 e. The van der Waals surface area contributed by atoms with Crippen molar-refractivity contribution in [2.24, 2.45) is 11.3 Å². The van der Waals surface area contributed by atoms with Crippen LogP contribution < -0.4 is 10.6 Å². The van der Waals surface area contributed by atoms with Gasteiger partial charge in [-0.15, -0.1) is 0 Å². The second kappa shape index (κ2) is 13.1. The van der Waals surface area contributed by atoms with E-state index in [1.165, 1.54) is 32.1 Å². The number of unbranched alkanes of at least 4 members (excludes halogenated alkanes) is 1. The lowest BCUT2D eigenvalue weighted by Crippen LogP contribution is -2.60. The van der Waals surface area contributed by atoms with E-state index in [9.17, 15) is 15.0 Å². The molecule has 2 aliphatic carbocycles. The molecule has 0 bridgehead atoms. The fourth-order valence-electron chi connectivity index (χ4n) is 6.57. The number of nitrogens with zero attached hydrogens (tertiary/aromatic N) is 1. The molecule has 34 heavy (non-hydrogen) atoms. The minimum absolute atomic E-state index is 0.0113. The van der Waals surface area contributed by atoms with Crippen molar-refractivity contribution in [1.82, 2.24) is 15.5 Å². The summed E-state index contributed by atoms with van der Waals surface area (Å²) in [5.41, 5.74) is -0.280. The number of carbonyl (C=O) groups excluding carboxylic acids is 1. The van der Waals surface area contributed by atoms with Crippen molar-refractivity contribution in [1.29, 1.82) is 0 Å². The summed E-state index contributed by atoms with van der Waals surface area (Å²) in [6, 6.07) is 0.153. The van der Waals surface area contributed by atoms with Gasteiger partial charge in [-0.05, 0) is 69.9 Å². The summed E-state index contributed by atoms with van der Waals surface area (Å²) in [4.78, 5) is 15.4. The average molecular weight is 476 g/mol. The highest BCUT2D eigenvalue weighted by molar-refractivity contribution is 5.74. The van der Waals surface area contributed by atoms with E-state index in [0.29, 0.717) is 25.3 Å². The maximum absolute atomic E-state index is 13.4. The molecule has 1 saturated carbocycles. The van der Waals surface area contributed by atoms with Gasteiger partial charge in [0, 0.05) is 37.7 Å². The van der Waals surface area contributed by atoms with Gasteiger partial charge in [0.05, 0.1) is 5.60 Å². The van der Waals surface area contributed by atoms with Crippen molar-refractivity contribution in [2.45, 2.75) is 102 Å². The van der Waals surface area contributed by atoms with Gasteiger partial charge in [-0.1, -0.05) is 57.3 Å². The van der Waals surface area contributed by atoms with E-state index in [4.69, 9.17) is 0 Å². The molecule has 4 N–H and O–H groups in total. The number of piperidine rings is 1. The molecule has 0 aromatic heterocycles. The maximum Gasteiger partial charge on any atom is 0.317 e. The molecule has 2 fully saturated rings. The molecule has 1 aliphatic heterocycles. The lowest BCUT2D eigenvalue weighted by Gasteiger charge is -2.52. The zero-order chi connectivity index (χ0) is 24.4. The average Bonchev–Trinajstić information content (AvgIpc) is 2.85. The number of amides is 2. The fraction of sp³-hybridized carbons (Fsp3) is 0.821. The highest BCUT2D eigenvalue weighted by Crippen LogP contribution is 2.48. The summed E-state index contributed by atoms with van der Waals surface area (Å²) >= 11 is 0. The van der Waals surface area contributed by atoms with Gasteiger partial charge in [-0.3, -0.25) is 0 Å². The monoisotopic (exact) mass is 475 g/mol. The number of likely N-dealkylation sites (N-methyl/N-ethyl adjacent to an activating group) is 1. The lowest BCUT2D eigenvalue weighted by atomic mass is 9.62. The van der Waals surface area contributed by atoms with Crippen LogP contribution in [0.3, 0.4) is 0 Å². The van der Waals surface area contributed by atoms with Crippen LogP contribution in [0.15, 0.2) is 23.8 Å². The Morgan fingerprint density at radius 2 is 2.06 bits per heavy atom. The number of aliphatic hydroxyl groups excluding tert-OH is 1. The number of carbonyl (C=O) groups is 1. The van der Waals surface area contributed by atoms with E-state index < -0.39 is 11.0 Å². The Bertz CT molecular complexity index is 703. The van der Waals surface area contributed by atoms with Crippen molar-refractivity contribution in [3.05, 3.63) is 23.8 Å². The SMILES string of the molecule is CNC[C@H](CC1CCCCC1)NC(=O)N1CCC[C@@](C)([C@@](O)(CCCCO)C2=CC=CCC2)C1. The van der Waals surface area contributed by atoms with Crippen molar-refractivity contribution < 1.29 is 15.0 Å². The highest BCUT2D eigenvalue weighted by atomic mass is 16.3. The molecule has 194 valence electrons. The van der Waals surface area contributed by atoms with Crippen molar-refractivity contribution in [2.75, 3.05) is 33.3 Å². The van der Waals surface area contributed by atoms with Crippen molar-refractivity contribution in [3.8, 4) is 0 Å². The molecule has 2 amide bonds. The normalized spacial score (nSPS) is 26.6. The first kappa shape index (κ1) is 27.2. The predicted octanol–water partition coefficient (Wildman–Crippen LogP) is 4.53. The number of urea groups is 1. The van der Waals surface area contributed by atoms with Crippen molar-refractivity contribution >= 4 is 6.03 Å². The molecule has 1 saturated heterocycles. The van der Waals surface area contributed by atoms with Crippen LogP contribution in [0, 0.1) is 11.3 Å². The van der Waals surface area contributed by atoms with Crippen molar-refractivity contribution in [3.63, 3.8) is 0 Å². The first-order valence-corrected chi connectivity index (χ1v) is 13.8. The molecule has 0 unspecified atom stereocenters. The second-order valence-electron chi connectivity index (χ2n) is 11.2. The molecule has 6 heteroatoms. The van der Waals surface area contributed by atoms with E-state index >= 15 is 0 Å². The zero-order valence-electron chi connectivity index (χ0n) is 21.7. The molecular formula is C28H49N3O3. The number of allylic oxidation sites excluding steroid dienone is 3. The largest absolute Gasteiger partial charge is 0.396 e. The summed E-state index contributed by atoms with van der Waals surface area (Å²) in [6.45, 7) is 4.40. The van der Waals surface area contributed by atoms with Crippen LogP contribution in [0.25, 0.3) is 0 Å². The summed E-state index contributed by atoms with van der Waals surface area (Å²) in [6.07, 6.45) is 19.6. The van der Waals surface area contributed by atoms with Crippen LogP contribution in [0.2, 0.25) is 0 Å². The van der Waals surface area contributed by atoms with Gasteiger partial charge < -0.3 is 25.7 Å². The third-order valence-electron chi connectivity index (χ3n) is 8.59. The van der Waals surface area contributed by atoms with Gasteiger partial charge in [-0.25, -0.2) is 4.79 Å². The molecule has 3 rings (SSSR count). The lowest BCUT2D eigenvalue weighted by molar-refractivity contribution is -0.0841. The van der Waals surface area contributed by atoms with Crippen LogP contribution in [0.1, 0.15) is 90.4 Å². The van der Waals surface area contributed by atoms with Crippen LogP contribution in [0.5, 0.6) is 0 Å². The van der Waals surface area contributed by atoms with E-state index in [1.54, 1.807) is 0 Å². The van der Waals surface area contributed by atoms with E-state index in [-0.39, 0.29) is 18.7 Å². The Balaban J connectivity index is 1.70. The Morgan fingerprint density at radius 3 is 2.74 bits per heavy atom. The number of hydrogen-bond donors (Lipinski definition) is 4. The molecule has 1 heterocycles. The molecule has 0 aromatic carbocycles. The Morgan fingerprint density at radius 1 is 1.26 bits per heavy atom. The first-order valence-electron chi connectivity index (χ1n) is 13.8. The van der Waals surface area contributed by atoms with Gasteiger partial charge >= 0.3 is 6.03 Å². The van der Waals surface area contributed by atoms with Gasteiger partial charge in [0.1, 0.15) is 0 Å². The summed E-state index contributed by atoms with van der Waals surface area (Å²) in [5.74, 6) is 0.710. The molecule has 0 radical (unpaired) electrons. The predicted molar refractivity (Wildman–Crippen MR) is 139 cm³/mol. The molecule has 6 nitrogen and oxygen atoms in total. The quantitative estimate of drug-likeness (QED) is 0.331. The fourth-order valence-corrected chi connectivity index (χ4v) is 6.57. The first-order chi connectivity index (χ1) is 16.4. The van der Waals surface area contributed by atoms with E-state index in [1.807, 2.05) is 11.9 Å². The van der Waals surface area contributed by atoms with E-state index in [0.717, 1.165) is 57.2 Å². The van der Waals surface area contributed by atoms with Gasteiger partial charge in [0.2, 0.25) is 0 Å². The van der Waals surface area contributed by atoms with Crippen LogP contribution >= 0.6 is 0 Å². The topological polar surface area (TPSA) is 84.8 Å². The van der Waals surface area contributed by atoms with Gasteiger partial charge in [0.15, 0.2) is 0 Å². The second-order valence-corrected chi connectivity index (χ2v) is 11.2. The number of hydrogen-bond acceptors (Lipinski definition) is 4. The number of nitrogens with one attached hydrogen (secondary N) is 2. The Hall–Kier alpha value is -1.37. The smallest absolute Gasteiger partial charge is 0.317 e. The van der Waals surface area contributed by atoms with Gasteiger partial charge in [-0.2, -0.15) is 0 Å². The third-order valence-corrected chi connectivity index (χ3v) is 8.59. The molecule has 3 atom stereocenters. The zero-order valence-corrected chi connectivity index (χ0v) is 21.7.